The van der Waals surface area contributed by atoms with Gasteiger partial charge in [-0.05, 0) is 12.8 Å². The molecule has 2 N–H and O–H groups in total. The molecule has 0 radical (unpaired) electrons. The molecule has 0 spiro atoms. The van der Waals surface area contributed by atoms with Gasteiger partial charge in [0.25, 0.3) is 0 Å². The molecule has 60 valence electrons. The zero-order chi connectivity index (χ0) is 8.31. The Labute approximate surface area is 60.7 Å². The highest BCUT2D eigenvalue weighted by atomic mass is 16.4. The van der Waals surface area contributed by atoms with Crippen molar-refractivity contribution in [1.29, 1.82) is 0 Å². The Bertz CT molecular complexity index is 120. The van der Waals surface area contributed by atoms with Gasteiger partial charge in [-0.1, -0.05) is 13.8 Å². The predicted octanol–water partition coefficient (Wildman–Crippen LogP) is 0.724. The van der Waals surface area contributed by atoms with Crippen LogP contribution in [-0.4, -0.2) is 22.3 Å². The number of carboxylic acid groups (broad SMARTS) is 1. The van der Waals surface area contributed by atoms with E-state index in [1.54, 1.807) is 20.8 Å². The molecule has 3 heteroatoms. The van der Waals surface area contributed by atoms with E-state index in [4.69, 9.17) is 10.2 Å². The summed E-state index contributed by atoms with van der Waals surface area (Å²) >= 11 is 0. The van der Waals surface area contributed by atoms with Crippen molar-refractivity contribution in [3.63, 3.8) is 0 Å². The van der Waals surface area contributed by atoms with Crippen molar-refractivity contribution in [1.82, 2.24) is 0 Å². The first-order chi connectivity index (χ1) is 4.46. The SMILES string of the molecule is CC(O)C(C)[C@H](C)C(=O)O. The monoisotopic (exact) mass is 146 g/mol. The van der Waals surface area contributed by atoms with Crippen molar-refractivity contribution in [3.8, 4) is 0 Å². The van der Waals surface area contributed by atoms with Crippen molar-refractivity contribution < 1.29 is 15.0 Å². The summed E-state index contributed by atoms with van der Waals surface area (Å²) in [6, 6.07) is 0. The van der Waals surface area contributed by atoms with E-state index in [0.29, 0.717) is 0 Å². The van der Waals surface area contributed by atoms with E-state index in [-0.39, 0.29) is 5.92 Å². The van der Waals surface area contributed by atoms with E-state index >= 15 is 0 Å². The van der Waals surface area contributed by atoms with Gasteiger partial charge < -0.3 is 10.2 Å². The summed E-state index contributed by atoms with van der Waals surface area (Å²) in [5, 5.41) is 17.5. The molecule has 0 aliphatic carbocycles. The number of hydrogen-bond donors (Lipinski definition) is 2. The zero-order valence-electron chi connectivity index (χ0n) is 6.53. The molecule has 0 saturated carbocycles. The van der Waals surface area contributed by atoms with Gasteiger partial charge in [0, 0.05) is 0 Å². The van der Waals surface area contributed by atoms with E-state index < -0.39 is 18.0 Å². The number of carboxylic acids is 1. The van der Waals surface area contributed by atoms with Crippen molar-refractivity contribution in [2.24, 2.45) is 11.8 Å². The molecule has 0 rings (SSSR count). The second kappa shape index (κ2) is 3.56. The molecule has 10 heavy (non-hydrogen) atoms. The lowest BCUT2D eigenvalue weighted by molar-refractivity contribution is -0.144. The lowest BCUT2D eigenvalue weighted by Crippen LogP contribution is -2.26. The quantitative estimate of drug-likeness (QED) is 0.617. The lowest BCUT2D eigenvalue weighted by atomic mass is 9.92. The normalized spacial score (nSPS) is 19.6. The smallest absolute Gasteiger partial charge is 0.306 e. The fourth-order valence-corrected chi connectivity index (χ4v) is 0.643. The first kappa shape index (κ1) is 9.43. The number of aliphatic carboxylic acids is 1. The maximum absolute atomic E-state index is 10.3. The second-order valence-electron chi connectivity index (χ2n) is 2.73. The Balaban J connectivity index is 3.94. The van der Waals surface area contributed by atoms with Gasteiger partial charge >= 0.3 is 5.97 Å². The maximum Gasteiger partial charge on any atom is 0.306 e. The zero-order valence-corrected chi connectivity index (χ0v) is 6.53. The Morgan fingerprint density at radius 3 is 1.80 bits per heavy atom. The molecule has 2 unspecified atom stereocenters. The fourth-order valence-electron chi connectivity index (χ4n) is 0.643. The molecule has 0 heterocycles. The molecule has 0 aromatic carbocycles. The predicted molar refractivity (Wildman–Crippen MR) is 37.6 cm³/mol. The number of hydrogen-bond acceptors (Lipinski definition) is 2. The molecule has 0 bridgehead atoms. The van der Waals surface area contributed by atoms with Gasteiger partial charge in [0.05, 0.1) is 12.0 Å². The summed E-state index contributed by atoms with van der Waals surface area (Å²) in [7, 11) is 0. The largest absolute Gasteiger partial charge is 0.481 e. The Kier molecular flexibility index (Phi) is 3.36. The maximum atomic E-state index is 10.3. The van der Waals surface area contributed by atoms with E-state index in [1.165, 1.54) is 0 Å². The van der Waals surface area contributed by atoms with Crippen molar-refractivity contribution in [2.45, 2.75) is 26.9 Å². The van der Waals surface area contributed by atoms with Crippen molar-refractivity contribution >= 4 is 5.97 Å². The van der Waals surface area contributed by atoms with E-state index in [9.17, 15) is 4.79 Å². The number of aliphatic hydroxyl groups excluding tert-OH is 1. The third-order valence-electron chi connectivity index (χ3n) is 1.94. The molecule has 0 amide bonds. The lowest BCUT2D eigenvalue weighted by Gasteiger charge is -2.18. The van der Waals surface area contributed by atoms with Gasteiger partial charge in [-0.2, -0.15) is 0 Å². The molecule has 3 nitrogen and oxygen atoms in total. The van der Waals surface area contributed by atoms with Crippen LogP contribution in [0.15, 0.2) is 0 Å². The molecule has 3 atom stereocenters. The van der Waals surface area contributed by atoms with Crippen LogP contribution in [0.5, 0.6) is 0 Å². The van der Waals surface area contributed by atoms with Crippen LogP contribution in [0, 0.1) is 11.8 Å². The minimum Gasteiger partial charge on any atom is -0.481 e. The van der Waals surface area contributed by atoms with Crippen LogP contribution in [-0.2, 0) is 4.79 Å². The van der Waals surface area contributed by atoms with Crippen LogP contribution < -0.4 is 0 Å². The number of carbonyl (C=O) groups is 1. The topological polar surface area (TPSA) is 57.5 Å². The first-order valence-electron chi connectivity index (χ1n) is 3.37. The van der Waals surface area contributed by atoms with Crippen LogP contribution in [0.25, 0.3) is 0 Å². The van der Waals surface area contributed by atoms with Gasteiger partial charge in [-0.3, -0.25) is 4.79 Å². The minimum absolute atomic E-state index is 0.183. The summed E-state index contributed by atoms with van der Waals surface area (Å²) < 4.78 is 0. The van der Waals surface area contributed by atoms with Gasteiger partial charge in [-0.25, -0.2) is 0 Å². The molecule has 0 aromatic rings. The molecule has 0 fully saturated rings. The van der Waals surface area contributed by atoms with Gasteiger partial charge in [0.1, 0.15) is 0 Å². The molecule has 0 aliphatic rings. The Morgan fingerprint density at radius 2 is 1.70 bits per heavy atom. The number of aliphatic hydroxyl groups is 1. The first-order valence-corrected chi connectivity index (χ1v) is 3.37. The summed E-state index contributed by atoms with van der Waals surface area (Å²) in [6.07, 6.45) is -0.550. The highest BCUT2D eigenvalue weighted by Crippen LogP contribution is 2.14. The summed E-state index contributed by atoms with van der Waals surface area (Å²) in [5.41, 5.74) is 0. The fraction of sp³-hybridized carbons (Fsp3) is 0.857. The standard InChI is InChI=1S/C7H14O3/c1-4(6(3)8)5(2)7(9)10/h4-6,8H,1-3H3,(H,9,10)/t4?,5-,6?/m0/s1. The third-order valence-corrected chi connectivity index (χ3v) is 1.94. The van der Waals surface area contributed by atoms with E-state index in [2.05, 4.69) is 0 Å². The number of rotatable bonds is 3. The molecule has 0 aromatic heterocycles. The third kappa shape index (κ3) is 2.35. The highest BCUT2D eigenvalue weighted by Gasteiger charge is 2.22. The molecular weight excluding hydrogens is 132 g/mol. The highest BCUT2D eigenvalue weighted by molar-refractivity contribution is 5.69. The Morgan fingerprint density at radius 1 is 1.30 bits per heavy atom. The average Bonchev–Trinajstić information content (AvgIpc) is 1.84. The van der Waals surface area contributed by atoms with Crippen LogP contribution in [0.2, 0.25) is 0 Å². The summed E-state index contributed by atoms with van der Waals surface area (Å²) in [5.74, 6) is -1.51. The minimum atomic E-state index is -0.853. The Hall–Kier alpha value is -0.570. The van der Waals surface area contributed by atoms with E-state index in [0.717, 1.165) is 0 Å². The summed E-state index contributed by atoms with van der Waals surface area (Å²) in [6.45, 7) is 4.92. The van der Waals surface area contributed by atoms with Crippen LogP contribution in [0.1, 0.15) is 20.8 Å². The van der Waals surface area contributed by atoms with Crippen LogP contribution in [0.3, 0.4) is 0 Å². The molecular formula is C7H14O3. The second-order valence-corrected chi connectivity index (χ2v) is 2.73. The summed E-state index contributed by atoms with van der Waals surface area (Å²) in [4.78, 5) is 10.3. The van der Waals surface area contributed by atoms with Gasteiger partial charge in [0.15, 0.2) is 0 Å². The van der Waals surface area contributed by atoms with Crippen molar-refractivity contribution in [2.75, 3.05) is 0 Å². The molecule has 0 aliphatic heterocycles. The van der Waals surface area contributed by atoms with E-state index in [1.807, 2.05) is 0 Å². The van der Waals surface area contributed by atoms with Gasteiger partial charge in [0.2, 0.25) is 0 Å². The van der Waals surface area contributed by atoms with Crippen molar-refractivity contribution in [3.05, 3.63) is 0 Å². The molecule has 0 saturated heterocycles. The van der Waals surface area contributed by atoms with Gasteiger partial charge in [-0.15, -0.1) is 0 Å². The van der Waals surface area contributed by atoms with Crippen LogP contribution in [0.4, 0.5) is 0 Å². The average molecular weight is 146 g/mol. The van der Waals surface area contributed by atoms with Crippen LogP contribution >= 0.6 is 0 Å².